The van der Waals surface area contributed by atoms with Crippen molar-refractivity contribution in [2.45, 2.75) is 39.2 Å². The summed E-state index contributed by atoms with van der Waals surface area (Å²) >= 11 is 5.89. The van der Waals surface area contributed by atoms with Gasteiger partial charge in [-0.15, -0.1) is 0 Å². The number of benzene rings is 1. The Morgan fingerprint density at radius 2 is 2.33 bits per heavy atom. The lowest BCUT2D eigenvalue weighted by Crippen LogP contribution is -2.47. The summed E-state index contributed by atoms with van der Waals surface area (Å²) in [7, 11) is 0. The molecule has 0 aliphatic carbocycles. The van der Waals surface area contributed by atoms with E-state index in [0.717, 1.165) is 13.1 Å². The van der Waals surface area contributed by atoms with Crippen LogP contribution in [0, 0.1) is 5.92 Å². The first-order chi connectivity index (χ1) is 10.0. The summed E-state index contributed by atoms with van der Waals surface area (Å²) in [4.78, 5) is 14.6. The Bertz CT molecular complexity index is 506. The lowest BCUT2D eigenvalue weighted by molar-refractivity contribution is -0.121. The molecular formula is C16H24ClN3O. The first kappa shape index (κ1) is 16.1. The number of rotatable bonds is 4. The Kier molecular flexibility index (Phi) is 5.48. The van der Waals surface area contributed by atoms with E-state index >= 15 is 0 Å². The number of halogens is 1. The van der Waals surface area contributed by atoms with Gasteiger partial charge in [-0.2, -0.15) is 0 Å². The summed E-state index contributed by atoms with van der Waals surface area (Å²) < 4.78 is 0. The number of nitrogens with zero attached hydrogens (tertiary/aromatic N) is 1. The van der Waals surface area contributed by atoms with Crippen molar-refractivity contribution >= 4 is 28.9 Å². The Balaban J connectivity index is 1.97. The van der Waals surface area contributed by atoms with Gasteiger partial charge in [0.15, 0.2) is 0 Å². The molecule has 1 fully saturated rings. The number of nitrogen functional groups attached to an aromatic ring is 1. The molecule has 2 rings (SSSR count). The summed E-state index contributed by atoms with van der Waals surface area (Å²) in [6.07, 6.45) is 3.62. The van der Waals surface area contributed by atoms with Gasteiger partial charge in [-0.1, -0.05) is 24.9 Å². The summed E-state index contributed by atoms with van der Waals surface area (Å²) in [5, 5.41) is 3.42. The molecule has 0 saturated carbocycles. The molecule has 2 atom stereocenters. The number of hydrogen-bond acceptors (Lipinski definition) is 3. The molecule has 0 aromatic heterocycles. The average Bonchev–Trinajstić information content (AvgIpc) is 2.50. The standard InChI is InChI=1S/C16H24ClN3O/c1-3-12-5-4-8-20(10-12)11(2)16(21)19-13-6-7-14(17)15(18)9-13/h6-7,9,11-12H,3-5,8,10,18H2,1-2H3,(H,19,21). The van der Waals surface area contributed by atoms with Gasteiger partial charge >= 0.3 is 0 Å². The maximum atomic E-state index is 12.4. The van der Waals surface area contributed by atoms with Gasteiger partial charge < -0.3 is 11.1 Å². The lowest BCUT2D eigenvalue weighted by Gasteiger charge is -2.35. The van der Waals surface area contributed by atoms with Crippen molar-refractivity contribution in [1.82, 2.24) is 4.90 Å². The van der Waals surface area contributed by atoms with Crippen LogP contribution in [0.4, 0.5) is 11.4 Å². The quantitative estimate of drug-likeness (QED) is 0.838. The zero-order chi connectivity index (χ0) is 15.4. The highest BCUT2D eigenvalue weighted by atomic mass is 35.5. The maximum Gasteiger partial charge on any atom is 0.241 e. The number of likely N-dealkylation sites (tertiary alicyclic amines) is 1. The van der Waals surface area contributed by atoms with Crippen molar-refractivity contribution < 1.29 is 4.79 Å². The van der Waals surface area contributed by atoms with E-state index in [2.05, 4.69) is 17.1 Å². The minimum Gasteiger partial charge on any atom is -0.397 e. The molecule has 0 bridgehead atoms. The molecule has 1 aliphatic heterocycles. The number of hydrogen-bond donors (Lipinski definition) is 2. The largest absolute Gasteiger partial charge is 0.397 e. The fraction of sp³-hybridized carbons (Fsp3) is 0.562. The lowest BCUT2D eigenvalue weighted by atomic mass is 9.94. The molecule has 1 heterocycles. The smallest absolute Gasteiger partial charge is 0.241 e. The first-order valence-electron chi connectivity index (χ1n) is 7.61. The Hall–Kier alpha value is -1.26. The zero-order valence-electron chi connectivity index (χ0n) is 12.7. The molecular weight excluding hydrogens is 286 g/mol. The molecule has 1 aliphatic rings. The molecule has 116 valence electrons. The van der Waals surface area contributed by atoms with Gasteiger partial charge in [0.2, 0.25) is 5.91 Å². The molecule has 1 aromatic carbocycles. The van der Waals surface area contributed by atoms with Crippen molar-refractivity contribution in [3.05, 3.63) is 23.2 Å². The third kappa shape index (κ3) is 4.11. The normalized spacial score (nSPS) is 21.0. The Labute approximate surface area is 131 Å². The number of nitrogens with two attached hydrogens (primary N) is 1. The number of nitrogens with one attached hydrogen (secondary N) is 1. The summed E-state index contributed by atoms with van der Waals surface area (Å²) in [5.41, 5.74) is 6.93. The zero-order valence-corrected chi connectivity index (χ0v) is 13.5. The van der Waals surface area contributed by atoms with Crippen molar-refractivity contribution in [2.24, 2.45) is 5.92 Å². The van der Waals surface area contributed by atoms with Gasteiger partial charge in [0.05, 0.1) is 16.8 Å². The van der Waals surface area contributed by atoms with E-state index in [-0.39, 0.29) is 11.9 Å². The van der Waals surface area contributed by atoms with Gasteiger partial charge in [-0.25, -0.2) is 0 Å². The van der Waals surface area contributed by atoms with Crippen LogP contribution in [-0.4, -0.2) is 29.9 Å². The van der Waals surface area contributed by atoms with Crippen molar-refractivity contribution in [3.8, 4) is 0 Å². The van der Waals surface area contributed by atoms with E-state index in [1.165, 1.54) is 19.3 Å². The third-order valence-corrected chi connectivity index (χ3v) is 4.66. The second kappa shape index (κ2) is 7.14. The van der Waals surface area contributed by atoms with E-state index in [1.807, 2.05) is 6.92 Å². The fourth-order valence-electron chi connectivity index (χ4n) is 2.82. The van der Waals surface area contributed by atoms with Gasteiger partial charge in [0, 0.05) is 12.2 Å². The number of amides is 1. The molecule has 0 spiro atoms. The molecule has 2 unspecified atom stereocenters. The highest BCUT2D eigenvalue weighted by Gasteiger charge is 2.26. The van der Waals surface area contributed by atoms with Crippen LogP contribution in [0.15, 0.2) is 18.2 Å². The predicted octanol–water partition coefficient (Wildman–Crippen LogP) is 3.37. The van der Waals surface area contributed by atoms with Crippen LogP contribution in [0.25, 0.3) is 0 Å². The van der Waals surface area contributed by atoms with E-state index in [0.29, 0.717) is 22.3 Å². The molecule has 1 aromatic rings. The van der Waals surface area contributed by atoms with E-state index in [4.69, 9.17) is 17.3 Å². The number of anilines is 2. The Morgan fingerprint density at radius 1 is 1.57 bits per heavy atom. The SMILES string of the molecule is CCC1CCCN(C(C)C(=O)Nc2ccc(Cl)c(N)c2)C1. The van der Waals surface area contributed by atoms with Gasteiger partial charge in [0.25, 0.3) is 0 Å². The third-order valence-electron chi connectivity index (χ3n) is 4.32. The van der Waals surface area contributed by atoms with Crippen LogP contribution in [0.2, 0.25) is 5.02 Å². The fourth-order valence-corrected chi connectivity index (χ4v) is 2.93. The van der Waals surface area contributed by atoms with Crippen molar-refractivity contribution in [1.29, 1.82) is 0 Å². The number of carbonyl (C=O) groups is 1. The molecule has 21 heavy (non-hydrogen) atoms. The summed E-state index contributed by atoms with van der Waals surface area (Å²) in [5.74, 6) is 0.716. The Morgan fingerprint density at radius 3 is 3.00 bits per heavy atom. The van der Waals surface area contributed by atoms with Crippen LogP contribution in [0.5, 0.6) is 0 Å². The van der Waals surface area contributed by atoms with E-state index in [9.17, 15) is 4.79 Å². The monoisotopic (exact) mass is 309 g/mol. The second-order valence-electron chi connectivity index (χ2n) is 5.81. The molecule has 0 radical (unpaired) electrons. The van der Waals surface area contributed by atoms with Gasteiger partial charge in [0.1, 0.15) is 0 Å². The summed E-state index contributed by atoms with van der Waals surface area (Å²) in [6.45, 7) is 6.18. The van der Waals surface area contributed by atoms with Crippen LogP contribution in [-0.2, 0) is 4.79 Å². The average molecular weight is 310 g/mol. The van der Waals surface area contributed by atoms with Crippen LogP contribution >= 0.6 is 11.6 Å². The van der Waals surface area contributed by atoms with Crippen LogP contribution < -0.4 is 11.1 Å². The van der Waals surface area contributed by atoms with E-state index in [1.54, 1.807) is 18.2 Å². The topological polar surface area (TPSA) is 58.4 Å². The van der Waals surface area contributed by atoms with Gasteiger partial charge in [-0.3, -0.25) is 9.69 Å². The minimum absolute atomic E-state index is 0.00785. The first-order valence-corrected chi connectivity index (χ1v) is 7.99. The summed E-state index contributed by atoms with van der Waals surface area (Å²) in [6, 6.07) is 5.04. The molecule has 1 amide bonds. The molecule has 1 saturated heterocycles. The van der Waals surface area contributed by atoms with Crippen molar-refractivity contribution in [2.75, 3.05) is 24.1 Å². The van der Waals surface area contributed by atoms with Gasteiger partial charge in [-0.05, 0) is 50.4 Å². The molecule has 5 heteroatoms. The van der Waals surface area contributed by atoms with Crippen LogP contribution in [0.3, 0.4) is 0 Å². The maximum absolute atomic E-state index is 12.4. The number of piperidine rings is 1. The van der Waals surface area contributed by atoms with E-state index < -0.39 is 0 Å². The molecule has 4 nitrogen and oxygen atoms in total. The minimum atomic E-state index is -0.128. The van der Waals surface area contributed by atoms with Crippen molar-refractivity contribution in [3.63, 3.8) is 0 Å². The number of carbonyl (C=O) groups excluding carboxylic acids is 1. The highest BCUT2D eigenvalue weighted by molar-refractivity contribution is 6.33. The van der Waals surface area contributed by atoms with Crippen LogP contribution in [0.1, 0.15) is 33.1 Å². The highest BCUT2D eigenvalue weighted by Crippen LogP contribution is 2.24. The molecule has 3 N–H and O–H groups in total. The predicted molar refractivity (Wildman–Crippen MR) is 88.5 cm³/mol. The second-order valence-corrected chi connectivity index (χ2v) is 6.22.